The number of ketones is 1. The number of nitrogens with one attached hydrogen (secondary N) is 1. The number of nitrogens with zero attached hydrogens (tertiary/aromatic N) is 1. The monoisotopic (exact) mass is 193 g/mol. The summed E-state index contributed by atoms with van der Waals surface area (Å²) >= 11 is 0. The minimum Gasteiger partial charge on any atom is -0.330 e. The third-order valence-corrected chi connectivity index (χ3v) is 2.49. The summed E-state index contributed by atoms with van der Waals surface area (Å²) in [6.45, 7) is 0.468. The first-order chi connectivity index (χ1) is 6.70. The van der Waals surface area contributed by atoms with Gasteiger partial charge in [0.2, 0.25) is 0 Å². The van der Waals surface area contributed by atoms with Crippen LogP contribution in [0.25, 0.3) is 0 Å². The van der Waals surface area contributed by atoms with Crippen molar-refractivity contribution < 1.29 is 4.79 Å². The van der Waals surface area contributed by atoms with E-state index in [-0.39, 0.29) is 11.7 Å². The fourth-order valence-electron chi connectivity index (χ4n) is 1.73. The molecule has 0 radical (unpaired) electrons. The maximum absolute atomic E-state index is 11.5. The van der Waals surface area contributed by atoms with Gasteiger partial charge in [-0.1, -0.05) is 0 Å². The van der Waals surface area contributed by atoms with Crippen molar-refractivity contribution in [2.24, 2.45) is 11.7 Å². The van der Waals surface area contributed by atoms with E-state index in [2.05, 4.69) is 9.97 Å². The molecule has 5 heteroatoms. The Balaban J connectivity index is 2.45. The highest BCUT2D eigenvalue weighted by molar-refractivity contribution is 5.97. The average molecular weight is 193 g/mol. The van der Waals surface area contributed by atoms with Crippen molar-refractivity contribution in [2.45, 2.75) is 12.8 Å². The fraction of sp³-hybridized carbons (Fsp3) is 0.444. The first-order valence-electron chi connectivity index (χ1n) is 4.52. The van der Waals surface area contributed by atoms with Gasteiger partial charge in [0.1, 0.15) is 0 Å². The van der Waals surface area contributed by atoms with Crippen LogP contribution in [0.2, 0.25) is 0 Å². The molecule has 1 aliphatic rings. The van der Waals surface area contributed by atoms with Gasteiger partial charge in [-0.2, -0.15) is 0 Å². The lowest BCUT2D eigenvalue weighted by Crippen LogP contribution is -2.29. The molecule has 0 aromatic carbocycles. The summed E-state index contributed by atoms with van der Waals surface area (Å²) in [4.78, 5) is 28.6. The molecule has 2 rings (SSSR count). The first-order valence-corrected chi connectivity index (χ1v) is 4.52. The molecular weight excluding hydrogens is 182 g/mol. The van der Waals surface area contributed by atoms with Gasteiger partial charge in [-0.15, -0.1) is 0 Å². The van der Waals surface area contributed by atoms with Crippen LogP contribution < -0.4 is 11.4 Å². The van der Waals surface area contributed by atoms with Gasteiger partial charge >= 0.3 is 5.69 Å². The van der Waals surface area contributed by atoms with E-state index in [1.54, 1.807) is 0 Å². The molecule has 1 atom stereocenters. The van der Waals surface area contributed by atoms with Crippen molar-refractivity contribution in [2.75, 3.05) is 6.54 Å². The Kier molecular flexibility index (Phi) is 2.17. The third-order valence-electron chi connectivity index (χ3n) is 2.49. The normalized spacial score (nSPS) is 20.6. The molecule has 0 fully saturated rings. The molecule has 5 nitrogen and oxygen atoms in total. The molecule has 0 spiro atoms. The number of Topliss-reactive ketones (excluding diaryl/α,β-unsaturated/α-hetero) is 1. The maximum atomic E-state index is 11.5. The lowest BCUT2D eigenvalue weighted by molar-refractivity contribution is 0.0948. The van der Waals surface area contributed by atoms with Crippen molar-refractivity contribution >= 4 is 5.78 Å². The summed E-state index contributed by atoms with van der Waals surface area (Å²) in [6, 6.07) is 0. The number of nitrogens with two attached hydrogens (primary N) is 1. The smallest absolute Gasteiger partial charge is 0.330 e. The summed E-state index contributed by atoms with van der Waals surface area (Å²) in [6.07, 6.45) is 2.47. The Morgan fingerprint density at radius 2 is 2.29 bits per heavy atom. The average Bonchev–Trinajstić information content (AvgIpc) is 2.16. The number of hydrogen-bond acceptors (Lipinski definition) is 4. The number of H-pyrrole nitrogens is 1. The molecule has 3 N–H and O–H groups in total. The van der Waals surface area contributed by atoms with E-state index in [0.717, 1.165) is 0 Å². The van der Waals surface area contributed by atoms with Crippen LogP contribution >= 0.6 is 0 Å². The Hall–Kier alpha value is -1.49. The predicted molar refractivity (Wildman–Crippen MR) is 50.1 cm³/mol. The highest BCUT2D eigenvalue weighted by Crippen LogP contribution is 2.21. The Labute approximate surface area is 80.4 Å². The molecule has 1 aromatic heterocycles. The SMILES string of the molecule is NCC1CC(=O)c2cnc(=O)[nH]c2C1. The van der Waals surface area contributed by atoms with Crippen molar-refractivity contribution in [1.82, 2.24) is 9.97 Å². The number of hydrogen-bond donors (Lipinski definition) is 2. The van der Waals surface area contributed by atoms with Gasteiger partial charge < -0.3 is 10.7 Å². The van der Waals surface area contributed by atoms with E-state index in [4.69, 9.17) is 5.73 Å². The molecule has 0 saturated heterocycles. The van der Waals surface area contributed by atoms with Gasteiger partial charge in [0.15, 0.2) is 5.78 Å². The number of aromatic amines is 1. The third kappa shape index (κ3) is 1.46. The van der Waals surface area contributed by atoms with E-state index in [1.165, 1.54) is 6.20 Å². The summed E-state index contributed by atoms with van der Waals surface area (Å²) in [7, 11) is 0. The second-order valence-corrected chi connectivity index (χ2v) is 3.51. The Morgan fingerprint density at radius 1 is 1.50 bits per heavy atom. The molecule has 14 heavy (non-hydrogen) atoms. The molecule has 1 aromatic rings. The molecule has 0 amide bonds. The van der Waals surface area contributed by atoms with Crippen LogP contribution in [-0.4, -0.2) is 22.3 Å². The molecule has 1 unspecified atom stereocenters. The zero-order valence-corrected chi connectivity index (χ0v) is 7.62. The second-order valence-electron chi connectivity index (χ2n) is 3.51. The second kappa shape index (κ2) is 3.34. The van der Waals surface area contributed by atoms with E-state index >= 15 is 0 Å². The summed E-state index contributed by atoms with van der Waals surface area (Å²) < 4.78 is 0. The summed E-state index contributed by atoms with van der Waals surface area (Å²) in [5.74, 6) is 0.165. The van der Waals surface area contributed by atoms with Crippen LogP contribution in [-0.2, 0) is 6.42 Å². The van der Waals surface area contributed by atoms with Crippen LogP contribution in [0.1, 0.15) is 22.5 Å². The van der Waals surface area contributed by atoms with E-state index in [1.807, 2.05) is 0 Å². The van der Waals surface area contributed by atoms with Gasteiger partial charge in [0, 0.05) is 18.3 Å². The minimum atomic E-state index is -0.408. The molecule has 74 valence electrons. The number of fused-ring (bicyclic) bond motifs is 1. The number of rotatable bonds is 1. The molecular formula is C9H11N3O2. The topological polar surface area (TPSA) is 88.8 Å². The van der Waals surface area contributed by atoms with Crippen LogP contribution in [0.3, 0.4) is 0 Å². The first kappa shape index (κ1) is 9.08. The number of carbonyl (C=O) groups is 1. The zero-order chi connectivity index (χ0) is 10.1. The van der Waals surface area contributed by atoms with Crippen LogP contribution in [0, 0.1) is 5.92 Å². The summed E-state index contributed by atoms with van der Waals surface area (Å²) in [5, 5.41) is 0. The van der Waals surface area contributed by atoms with Gasteiger partial charge in [-0.3, -0.25) is 4.79 Å². The predicted octanol–water partition coefficient (Wildman–Crippen LogP) is -0.526. The zero-order valence-electron chi connectivity index (χ0n) is 7.62. The van der Waals surface area contributed by atoms with Crippen LogP contribution in [0.15, 0.2) is 11.0 Å². The molecule has 0 saturated carbocycles. The number of aromatic nitrogens is 2. The van der Waals surface area contributed by atoms with Gasteiger partial charge in [-0.25, -0.2) is 9.78 Å². The summed E-state index contributed by atoms with van der Waals surface area (Å²) in [5.41, 5.74) is 6.31. The Morgan fingerprint density at radius 3 is 3.00 bits per heavy atom. The maximum Gasteiger partial charge on any atom is 0.345 e. The quantitative estimate of drug-likeness (QED) is 0.627. The van der Waals surface area contributed by atoms with Crippen molar-refractivity contribution in [3.8, 4) is 0 Å². The van der Waals surface area contributed by atoms with E-state index in [9.17, 15) is 9.59 Å². The van der Waals surface area contributed by atoms with E-state index < -0.39 is 5.69 Å². The Bertz CT molecular complexity index is 424. The number of carbonyl (C=O) groups excluding carboxylic acids is 1. The fourth-order valence-corrected chi connectivity index (χ4v) is 1.73. The molecule has 1 aliphatic carbocycles. The van der Waals surface area contributed by atoms with E-state index in [0.29, 0.717) is 30.6 Å². The standard InChI is InChI=1S/C9H11N3O2/c10-3-5-1-7-6(8(13)2-5)4-11-9(14)12-7/h4-5H,1-3,10H2,(H,11,12,14). The molecule has 0 bridgehead atoms. The van der Waals surface area contributed by atoms with Gasteiger partial charge in [0.05, 0.1) is 5.56 Å². The van der Waals surface area contributed by atoms with Crippen LogP contribution in [0.5, 0.6) is 0 Å². The highest BCUT2D eigenvalue weighted by Gasteiger charge is 2.24. The molecule has 0 aliphatic heterocycles. The lowest BCUT2D eigenvalue weighted by Gasteiger charge is -2.20. The van der Waals surface area contributed by atoms with Crippen molar-refractivity contribution in [3.05, 3.63) is 27.9 Å². The van der Waals surface area contributed by atoms with Crippen molar-refractivity contribution in [1.29, 1.82) is 0 Å². The van der Waals surface area contributed by atoms with Gasteiger partial charge in [0.25, 0.3) is 0 Å². The molecule has 1 heterocycles. The minimum absolute atomic E-state index is 0.0189. The largest absolute Gasteiger partial charge is 0.345 e. The van der Waals surface area contributed by atoms with Crippen LogP contribution in [0.4, 0.5) is 0 Å². The van der Waals surface area contributed by atoms with Gasteiger partial charge in [-0.05, 0) is 18.9 Å². The lowest BCUT2D eigenvalue weighted by atomic mass is 9.87. The van der Waals surface area contributed by atoms with Crippen molar-refractivity contribution in [3.63, 3.8) is 0 Å². The highest BCUT2D eigenvalue weighted by atomic mass is 16.1.